The van der Waals surface area contributed by atoms with Gasteiger partial charge in [0, 0.05) is 121 Å². The van der Waals surface area contributed by atoms with Crippen molar-refractivity contribution in [3.05, 3.63) is 147 Å². The van der Waals surface area contributed by atoms with Crippen LogP contribution in [0.15, 0.2) is 97.6 Å². The summed E-state index contributed by atoms with van der Waals surface area (Å²) in [6.07, 6.45) is -4.85. The molecule has 0 unspecified atom stereocenters. The number of anilines is 12. The number of amides is 4. The minimum absolute atomic E-state index is 0.0186. The maximum absolute atomic E-state index is 14.7. The van der Waals surface area contributed by atoms with E-state index < -0.39 is 41.0 Å². The molecule has 0 radical (unpaired) electrons. The van der Waals surface area contributed by atoms with Crippen LogP contribution >= 0.6 is 23.2 Å². The molecule has 4 aliphatic rings. The number of carbonyl (C=O) groups is 4. The molecule has 31 nitrogen and oxygen atoms in total. The fourth-order valence-corrected chi connectivity index (χ4v) is 11.2. The van der Waals surface area contributed by atoms with Crippen molar-refractivity contribution < 1.29 is 83.1 Å². The van der Waals surface area contributed by atoms with E-state index in [9.17, 15) is 49.9 Å². The van der Waals surface area contributed by atoms with Gasteiger partial charge in [0.2, 0.25) is 23.8 Å². The number of nitrogens with one attached hydrogen (secondary N) is 8. The predicted molar refractivity (Wildman–Crippen MR) is 396 cm³/mol. The Morgan fingerprint density at radius 3 is 1.16 bits per heavy atom. The smallest absolute Gasteiger partial charge is 0.421 e. The highest BCUT2D eigenvalue weighted by atomic mass is 35.5. The number of halogens is 9. The zero-order chi connectivity index (χ0) is 79.1. The SMILES string of the molecule is CCNc1nc(Nc2cc(F)c(C(=O)N3CCOCC3)cc2OC)ncc1C(F)(F)F.CNc1nc(Nc2ccc(C(=O)N3CCOCC3)cc2)ncc1Cl.CNc1nc(Nc2ccc(C(=O)N3CCOCC3)cc2OC)ncc1C(F)(F)F.CNc1nc(Nc2ccc(C(=O)N3CCOCC3)cc2OC)ncc1Cl. The highest BCUT2D eigenvalue weighted by Crippen LogP contribution is 2.38. The molecule has 0 saturated carbocycles. The normalized spacial score (nSPS) is 14.3. The van der Waals surface area contributed by atoms with E-state index in [1.807, 2.05) is 12.1 Å². The number of alkyl halides is 6. The summed E-state index contributed by atoms with van der Waals surface area (Å²) in [6.45, 7) is 9.97. The topological polar surface area (TPSA) is 345 Å². The van der Waals surface area contributed by atoms with Gasteiger partial charge in [0.1, 0.15) is 67.5 Å². The Hall–Kier alpha value is -11.2. The number of aromatic nitrogens is 8. The summed E-state index contributed by atoms with van der Waals surface area (Å²) in [5.74, 6) is 0.296. The molecule has 110 heavy (non-hydrogen) atoms. The first-order chi connectivity index (χ1) is 52.9. The van der Waals surface area contributed by atoms with Crippen LogP contribution in [0.5, 0.6) is 17.2 Å². The van der Waals surface area contributed by atoms with Crippen molar-refractivity contribution in [3.8, 4) is 17.2 Å². The van der Waals surface area contributed by atoms with Crippen LogP contribution in [-0.4, -0.2) is 237 Å². The molecule has 4 aliphatic heterocycles. The van der Waals surface area contributed by atoms with Gasteiger partial charge in [-0.05, 0) is 73.7 Å². The van der Waals surface area contributed by atoms with Crippen LogP contribution < -0.4 is 56.7 Å². The summed E-state index contributed by atoms with van der Waals surface area (Å²) in [5, 5.41) is 23.3. The largest absolute Gasteiger partial charge is 0.495 e. The minimum atomic E-state index is -4.64. The molecule has 8 heterocycles. The Morgan fingerprint density at radius 2 is 0.773 bits per heavy atom. The first-order valence-corrected chi connectivity index (χ1v) is 34.7. The predicted octanol–water partition coefficient (Wildman–Crippen LogP) is 10.8. The lowest BCUT2D eigenvalue weighted by Gasteiger charge is -2.27. The summed E-state index contributed by atoms with van der Waals surface area (Å²) in [6, 6.07) is 19.4. The van der Waals surface area contributed by atoms with E-state index in [-0.39, 0.29) is 59.0 Å². The number of rotatable bonds is 20. The van der Waals surface area contributed by atoms with Crippen LogP contribution in [0.2, 0.25) is 10.0 Å². The molecule has 8 N–H and O–H groups in total. The van der Waals surface area contributed by atoms with Crippen molar-refractivity contribution in [1.29, 1.82) is 0 Å². The molecule has 0 atom stereocenters. The Bertz CT molecular complexity index is 4470. The number of methoxy groups -OCH3 is 3. The molecule has 8 aromatic rings. The average molecular weight is 1580 g/mol. The van der Waals surface area contributed by atoms with Gasteiger partial charge < -0.3 is 95.3 Å². The van der Waals surface area contributed by atoms with Crippen LogP contribution in [0.4, 0.5) is 101 Å². The van der Waals surface area contributed by atoms with E-state index >= 15 is 0 Å². The highest BCUT2D eigenvalue weighted by molar-refractivity contribution is 6.33. The van der Waals surface area contributed by atoms with Crippen LogP contribution in [0.1, 0.15) is 59.5 Å². The average Bonchev–Trinajstić information content (AvgIpc) is 0.807. The van der Waals surface area contributed by atoms with Gasteiger partial charge in [-0.2, -0.15) is 46.3 Å². The first kappa shape index (κ1) is 82.9. The molecule has 4 fully saturated rings. The van der Waals surface area contributed by atoms with Crippen LogP contribution in [0.25, 0.3) is 0 Å². The zero-order valence-corrected chi connectivity index (χ0v) is 62.0. The molecule has 12 rings (SSSR count). The maximum atomic E-state index is 14.7. The Morgan fingerprint density at radius 1 is 0.436 bits per heavy atom. The molecule has 0 spiro atoms. The molecule has 40 heteroatoms. The van der Waals surface area contributed by atoms with E-state index in [2.05, 4.69) is 82.4 Å². The monoisotopic (exact) mass is 1580 g/mol. The maximum Gasteiger partial charge on any atom is 0.421 e. The van der Waals surface area contributed by atoms with E-state index in [1.165, 1.54) is 44.6 Å². The van der Waals surface area contributed by atoms with E-state index in [4.69, 9.17) is 56.4 Å². The number of hydrogen-bond acceptors (Lipinski definition) is 27. The third-order valence-corrected chi connectivity index (χ3v) is 17.0. The zero-order valence-electron chi connectivity index (χ0n) is 60.5. The first-order valence-electron chi connectivity index (χ1n) is 34.0. The third-order valence-electron chi connectivity index (χ3n) is 16.5. The fraction of sp³-hybridized carbons (Fsp3) is 0.371. The van der Waals surface area contributed by atoms with Crippen molar-refractivity contribution in [3.63, 3.8) is 0 Å². The summed E-state index contributed by atoms with van der Waals surface area (Å²) >= 11 is 12.0. The lowest BCUT2D eigenvalue weighted by molar-refractivity contribution is -0.138. The number of nitrogens with zero attached hydrogens (tertiary/aromatic N) is 12. The molecule has 4 amide bonds. The minimum Gasteiger partial charge on any atom is -0.495 e. The van der Waals surface area contributed by atoms with Crippen molar-refractivity contribution in [1.82, 2.24) is 59.5 Å². The lowest BCUT2D eigenvalue weighted by Crippen LogP contribution is -2.41. The lowest BCUT2D eigenvalue weighted by atomic mass is 10.1. The van der Waals surface area contributed by atoms with E-state index in [0.29, 0.717) is 191 Å². The van der Waals surface area contributed by atoms with Gasteiger partial charge in [-0.25, -0.2) is 24.3 Å². The van der Waals surface area contributed by atoms with Gasteiger partial charge in [0.25, 0.3) is 23.6 Å². The summed E-state index contributed by atoms with van der Waals surface area (Å²) in [7, 11) is 9.10. The second-order valence-corrected chi connectivity index (χ2v) is 24.3. The third kappa shape index (κ3) is 22.3. The number of hydrogen-bond donors (Lipinski definition) is 8. The Labute approximate surface area is 636 Å². The second-order valence-electron chi connectivity index (χ2n) is 23.5. The van der Waals surface area contributed by atoms with Crippen molar-refractivity contribution in [2.75, 3.05) is 197 Å². The molecule has 0 bridgehead atoms. The van der Waals surface area contributed by atoms with E-state index in [1.54, 1.807) is 91.4 Å². The summed E-state index contributed by atoms with van der Waals surface area (Å²) in [4.78, 5) is 88.9. The molecule has 4 aromatic heterocycles. The van der Waals surface area contributed by atoms with Crippen molar-refractivity contribution >= 4 is 117 Å². The van der Waals surface area contributed by atoms with Crippen LogP contribution in [0.3, 0.4) is 0 Å². The number of carbonyl (C=O) groups excluding carboxylic acids is 4. The Kier molecular flexibility index (Phi) is 29.6. The number of ether oxygens (including phenoxy) is 7. The summed E-state index contributed by atoms with van der Waals surface area (Å²) in [5.41, 5.74) is 1.36. The second kappa shape index (κ2) is 39.3. The van der Waals surface area contributed by atoms with Crippen molar-refractivity contribution in [2.45, 2.75) is 19.3 Å². The molecule has 4 aromatic carbocycles. The van der Waals surface area contributed by atoms with Gasteiger partial charge in [-0.1, -0.05) is 23.2 Å². The molecule has 588 valence electrons. The standard InChI is InChI=1S/C19H21F4N5O3.C18H20F3N5O3.C17H20ClN5O3.C16H18ClN5O2/c1-3-24-16-12(19(21,22)23)10-25-18(27-16)26-14-9-13(20)11(8-15(14)30-2)17(29)28-4-6-31-7-5-28;1-22-15-12(18(19,20)21)10-23-17(25-15)24-13-4-3-11(9-14(13)28-2)16(27)26-5-7-29-8-6-26;1-19-15-12(18)10-20-17(22-15)21-13-4-3-11(9-14(13)25-2)16(24)23-5-7-26-8-6-23;1-18-14-13(17)10-19-16(21-14)20-12-4-2-11(3-5-12)15(23)22-6-8-24-9-7-22/h8-10H,3-7H2,1-2H3,(H2,24,25,26,27);3-4,9-10H,5-8H2,1-2H3,(H2,22,23,24,25);3-4,9-10H,5-8H2,1-2H3,(H2,19,20,21,22);2-5,10H,6-9H2,1H3,(H2,18,19,20,21). The Balaban J connectivity index is 0.000000169. The highest BCUT2D eigenvalue weighted by Gasteiger charge is 2.37. The molecular weight excluding hydrogens is 1500 g/mol. The van der Waals surface area contributed by atoms with Crippen molar-refractivity contribution in [2.24, 2.45) is 0 Å². The van der Waals surface area contributed by atoms with Gasteiger partial charge in [-0.3, -0.25) is 19.2 Å². The van der Waals surface area contributed by atoms with Gasteiger partial charge in [0.15, 0.2) is 0 Å². The van der Waals surface area contributed by atoms with Crippen LogP contribution in [0, 0.1) is 5.82 Å². The quantitative estimate of drug-likeness (QED) is 0.0329. The van der Waals surface area contributed by atoms with E-state index in [0.717, 1.165) is 11.8 Å². The summed E-state index contributed by atoms with van der Waals surface area (Å²) < 4.78 is 130. The molecule has 4 saturated heterocycles. The molecule has 0 aliphatic carbocycles. The van der Waals surface area contributed by atoms with Crippen LogP contribution in [-0.2, 0) is 31.3 Å². The molecular formula is C70H79Cl2F7N20O11. The fourth-order valence-electron chi connectivity index (χ4n) is 10.8. The van der Waals surface area contributed by atoms with Gasteiger partial charge >= 0.3 is 12.4 Å². The number of benzene rings is 4. The number of morpholine rings is 4. The van der Waals surface area contributed by atoms with Gasteiger partial charge in [-0.15, -0.1) is 0 Å². The van der Waals surface area contributed by atoms with Gasteiger partial charge in [0.05, 0.1) is 109 Å².